The molecule has 0 aromatic rings. The van der Waals surface area contributed by atoms with Crippen molar-refractivity contribution >= 4 is 8.80 Å². The van der Waals surface area contributed by atoms with Crippen molar-refractivity contribution in [2.75, 3.05) is 21.3 Å². The van der Waals surface area contributed by atoms with Crippen LogP contribution in [0.5, 0.6) is 0 Å². The van der Waals surface area contributed by atoms with Gasteiger partial charge in [-0.1, -0.05) is 19.1 Å². The van der Waals surface area contributed by atoms with Crippen molar-refractivity contribution < 1.29 is 13.3 Å². The van der Waals surface area contributed by atoms with Crippen LogP contribution in [0.4, 0.5) is 0 Å². The maximum Gasteiger partial charge on any atom is 0.503 e. The third-order valence-corrected chi connectivity index (χ3v) is 5.66. The van der Waals surface area contributed by atoms with E-state index in [1.54, 1.807) is 21.3 Å². The Kier molecular flexibility index (Phi) is 7.09. The summed E-state index contributed by atoms with van der Waals surface area (Å²) in [5.41, 5.74) is 0.332. The van der Waals surface area contributed by atoms with Crippen molar-refractivity contribution in [2.24, 2.45) is 0 Å². The van der Waals surface area contributed by atoms with Gasteiger partial charge in [0.1, 0.15) is 0 Å². The summed E-state index contributed by atoms with van der Waals surface area (Å²) in [4.78, 5) is 0. The minimum atomic E-state index is -2.40. The van der Waals surface area contributed by atoms with Gasteiger partial charge in [0, 0.05) is 26.9 Å². The molecule has 84 valence electrons. The van der Waals surface area contributed by atoms with Gasteiger partial charge < -0.3 is 13.3 Å². The van der Waals surface area contributed by atoms with E-state index in [-0.39, 0.29) is 0 Å². The first-order valence-corrected chi connectivity index (χ1v) is 6.73. The van der Waals surface area contributed by atoms with Crippen molar-refractivity contribution in [1.29, 1.82) is 0 Å². The van der Waals surface area contributed by atoms with Gasteiger partial charge in [-0.3, -0.25) is 0 Å². The Balaban J connectivity index is 4.20. The summed E-state index contributed by atoms with van der Waals surface area (Å²) in [6, 6.07) is 0. The molecule has 0 heterocycles. The maximum atomic E-state index is 5.40. The van der Waals surface area contributed by atoms with E-state index in [9.17, 15) is 0 Å². The van der Waals surface area contributed by atoms with Crippen LogP contribution in [0.1, 0.15) is 26.7 Å². The van der Waals surface area contributed by atoms with E-state index in [2.05, 4.69) is 19.1 Å². The number of allylic oxidation sites excluding steroid dienone is 2. The normalized spacial score (nSPS) is 14.9. The fourth-order valence-electron chi connectivity index (χ4n) is 1.54. The predicted octanol–water partition coefficient (Wildman–Crippen LogP) is 2.61. The molecule has 0 rings (SSSR count). The zero-order chi connectivity index (χ0) is 11.0. The van der Waals surface area contributed by atoms with Gasteiger partial charge in [0.05, 0.1) is 0 Å². The zero-order valence-corrected chi connectivity index (χ0v) is 10.9. The highest BCUT2D eigenvalue weighted by molar-refractivity contribution is 6.62. The third-order valence-electron chi connectivity index (χ3n) is 2.46. The predicted molar refractivity (Wildman–Crippen MR) is 60.3 cm³/mol. The van der Waals surface area contributed by atoms with Crippen molar-refractivity contribution in [3.63, 3.8) is 0 Å². The van der Waals surface area contributed by atoms with Crippen molar-refractivity contribution in [3.8, 4) is 0 Å². The fourth-order valence-corrected chi connectivity index (χ4v) is 3.77. The molecule has 0 fully saturated rings. The lowest BCUT2D eigenvalue weighted by molar-refractivity contribution is 0.112. The molecule has 0 aromatic carbocycles. The van der Waals surface area contributed by atoms with E-state index in [1.807, 2.05) is 6.92 Å². The van der Waals surface area contributed by atoms with Gasteiger partial charge in [0.2, 0.25) is 0 Å². The van der Waals surface area contributed by atoms with Gasteiger partial charge >= 0.3 is 8.80 Å². The highest BCUT2D eigenvalue weighted by Gasteiger charge is 2.43. The average molecular weight is 218 g/mol. The van der Waals surface area contributed by atoms with Crippen LogP contribution in [0, 0.1) is 0 Å². The number of hydrogen-bond donors (Lipinski definition) is 0. The molecule has 0 saturated carbocycles. The van der Waals surface area contributed by atoms with Crippen LogP contribution in [0.15, 0.2) is 12.2 Å². The zero-order valence-electron chi connectivity index (χ0n) is 9.87. The van der Waals surface area contributed by atoms with E-state index in [0.29, 0.717) is 5.54 Å². The summed E-state index contributed by atoms with van der Waals surface area (Å²) in [5, 5.41) is 0. The molecule has 0 radical (unpaired) electrons. The topological polar surface area (TPSA) is 27.7 Å². The summed E-state index contributed by atoms with van der Waals surface area (Å²) in [6.45, 7) is 4.14. The van der Waals surface area contributed by atoms with Crippen LogP contribution in [0.25, 0.3) is 0 Å². The molecule has 0 saturated heterocycles. The maximum absolute atomic E-state index is 5.40. The van der Waals surface area contributed by atoms with E-state index in [1.165, 1.54) is 0 Å². The summed E-state index contributed by atoms with van der Waals surface area (Å²) in [7, 11) is 2.57. The lowest BCUT2D eigenvalue weighted by atomic mass is 10.2. The SMILES string of the molecule is CC=CCCC(C)[Si](OC)(OC)OC. The highest BCUT2D eigenvalue weighted by atomic mass is 28.4. The lowest BCUT2D eigenvalue weighted by Gasteiger charge is -2.29. The molecule has 0 N–H and O–H groups in total. The lowest BCUT2D eigenvalue weighted by Crippen LogP contribution is -2.46. The monoisotopic (exact) mass is 218 g/mol. The Bertz CT molecular complexity index is 158. The third kappa shape index (κ3) is 3.53. The van der Waals surface area contributed by atoms with E-state index < -0.39 is 8.80 Å². The molecular weight excluding hydrogens is 196 g/mol. The first kappa shape index (κ1) is 13.8. The minimum absolute atomic E-state index is 0.332. The van der Waals surface area contributed by atoms with E-state index in [0.717, 1.165) is 12.8 Å². The molecule has 1 unspecified atom stereocenters. The van der Waals surface area contributed by atoms with Crippen molar-refractivity contribution in [2.45, 2.75) is 32.2 Å². The Morgan fingerprint density at radius 2 is 1.64 bits per heavy atom. The Hall–Kier alpha value is -0.163. The summed E-state index contributed by atoms with van der Waals surface area (Å²) < 4.78 is 16.2. The van der Waals surface area contributed by atoms with Crippen molar-refractivity contribution in [3.05, 3.63) is 12.2 Å². The fraction of sp³-hybridized carbons (Fsp3) is 0.800. The molecule has 0 bridgehead atoms. The van der Waals surface area contributed by atoms with Crippen molar-refractivity contribution in [1.82, 2.24) is 0 Å². The summed E-state index contributed by atoms with van der Waals surface area (Å²) in [5.74, 6) is 0. The van der Waals surface area contributed by atoms with Gasteiger partial charge in [-0.05, 0) is 19.8 Å². The molecule has 0 aliphatic carbocycles. The number of rotatable bonds is 7. The Morgan fingerprint density at radius 1 is 1.14 bits per heavy atom. The molecule has 0 aliphatic heterocycles. The molecule has 3 nitrogen and oxygen atoms in total. The first-order chi connectivity index (χ1) is 6.66. The van der Waals surface area contributed by atoms with Crippen LogP contribution in [-0.2, 0) is 13.3 Å². The van der Waals surface area contributed by atoms with Gasteiger partial charge in [-0.15, -0.1) is 0 Å². The second kappa shape index (κ2) is 7.17. The van der Waals surface area contributed by atoms with Crippen LogP contribution in [-0.4, -0.2) is 30.1 Å². The van der Waals surface area contributed by atoms with Crippen LogP contribution in [0.2, 0.25) is 5.54 Å². The molecule has 0 aromatic heterocycles. The molecular formula is C10H22O3Si. The van der Waals surface area contributed by atoms with Gasteiger partial charge in [-0.25, -0.2) is 0 Å². The second-order valence-corrected chi connectivity index (χ2v) is 6.68. The van der Waals surface area contributed by atoms with Crippen LogP contribution in [0.3, 0.4) is 0 Å². The van der Waals surface area contributed by atoms with Crippen LogP contribution < -0.4 is 0 Å². The Morgan fingerprint density at radius 3 is 2.00 bits per heavy atom. The Labute approximate surface area is 88.4 Å². The van der Waals surface area contributed by atoms with Gasteiger partial charge in [-0.2, -0.15) is 0 Å². The highest BCUT2D eigenvalue weighted by Crippen LogP contribution is 2.28. The molecule has 4 heteroatoms. The summed E-state index contributed by atoms with van der Waals surface area (Å²) >= 11 is 0. The summed E-state index contributed by atoms with van der Waals surface area (Å²) in [6.07, 6.45) is 6.29. The minimum Gasteiger partial charge on any atom is -0.377 e. The average Bonchev–Trinajstić information content (AvgIpc) is 2.22. The molecule has 1 atom stereocenters. The van der Waals surface area contributed by atoms with E-state index >= 15 is 0 Å². The molecule has 0 aliphatic rings. The quantitative estimate of drug-likeness (QED) is 0.485. The molecule has 0 amide bonds. The second-order valence-electron chi connectivity index (χ2n) is 3.26. The van der Waals surface area contributed by atoms with Gasteiger partial charge in [0.15, 0.2) is 0 Å². The standard InChI is InChI=1S/C10H22O3Si/c1-6-7-8-9-10(2)14(11-3,12-4)13-5/h6-7,10H,8-9H2,1-5H3. The molecule has 0 spiro atoms. The molecule has 14 heavy (non-hydrogen) atoms. The van der Waals surface area contributed by atoms with Crippen LogP contribution >= 0.6 is 0 Å². The first-order valence-electron chi connectivity index (χ1n) is 4.93. The van der Waals surface area contributed by atoms with E-state index in [4.69, 9.17) is 13.3 Å². The smallest absolute Gasteiger partial charge is 0.377 e. The van der Waals surface area contributed by atoms with Gasteiger partial charge in [0.25, 0.3) is 0 Å². The number of hydrogen-bond acceptors (Lipinski definition) is 3. The largest absolute Gasteiger partial charge is 0.503 e.